The lowest BCUT2D eigenvalue weighted by Crippen LogP contribution is -2.56. The Labute approximate surface area is 169 Å². The Morgan fingerprint density at radius 2 is 1.45 bits per heavy atom. The highest BCUT2D eigenvalue weighted by Crippen LogP contribution is 2.04. The van der Waals surface area contributed by atoms with E-state index in [0.29, 0.717) is 19.4 Å². The van der Waals surface area contributed by atoms with Crippen LogP contribution in [-0.2, 0) is 24.0 Å². The fraction of sp³-hybridized carbons (Fsp3) is 0.706. The lowest BCUT2D eigenvalue weighted by Gasteiger charge is -2.23. The summed E-state index contributed by atoms with van der Waals surface area (Å²) < 4.78 is 0. The number of aliphatic carboxylic acids is 1. The predicted octanol–water partition coefficient (Wildman–Crippen LogP) is -2.71. The first-order valence-electron chi connectivity index (χ1n) is 9.37. The number of carbonyl (C=O) groups is 5. The van der Waals surface area contributed by atoms with E-state index in [1.807, 2.05) is 0 Å². The van der Waals surface area contributed by atoms with Crippen molar-refractivity contribution in [2.45, 2.75) is 70.1 Å². The van der Waals surface area contributed by atoms with Crippen LogP contribution in [0.25, 0.3) is 0 Å². The van der Waals surface area contributed by atoms with E-state index in [4.69, 9.17) is 17.2 Å². The van der Waals surface area contributed by atoms with Crippen LogP contribution in [0.3, 0.4) is 0 Å². The molecule has 0 aromatic rings. The average Bonchev–Trinajstić information content (AvgIpc) is 2.63. The fourth-order valence-corrected chi connectivity index (χ4v) is 2.29. The molecule has 12 heteroatoms. The summed E-state index contributed by atoms with van der Waals surface area (Å²) in [4.78, 5) is 58.9. The first-order chi connectivity index (χ1) is 13.5. The van der Waals surface area contributed by atoms with Crippen LogP contribution in [-0.4, -0.2) is 65.4 Å². The molecule has 4 amide bonds. The van der Waals surface area contributed by atoms with Gasteiger partial charge in [0.1, 0.15) is 18.1 Å². The van der Waals surface area contributed by atoms with E-state index < -0.39 is 53.8 Å². The van der Waals surface area contributed by atoms with Crippen molar-refractivity contribution < 1.29 is 29.1 Å². The van der Waals surface area contributed by atoms with Crippen LogP contribution in [0.5, 0.6) is 0 Å². The number of unbranched alkanes of at least 4 members (excludes halogenated alkanes) is 1. The Morgan fingerprint density at radius 1 is 0.862 bits per heavy atom. The summed E-state index contributed by atoms with van der Waals surface area (Å²) in [6.07, 6.45) is 0.917. The van der Waals surface area contributed by atoms with Crippen molar-refractivity contribution in [2.24, 2.45) is 17.2 Å². The minimum absolute atomic E-state index is 0.129. The number of hydrogen-bond donors (Lipinski definition) is 7. The van der Waals surface area contributed by atoms with Gasteiger partial charge in [0, 0.05) is 6.42 Å². The Hall–Kier alpha value is -2.73. The van der Waals surface area contributed by atoms with Gasteiger partial charge in [-0.25, -0.2) is 4.79 Å². The van der Waals surface area contributed by atoms with Crippen molar-refractivity contribution in [1.82, 2.24) is 16.0 Å². The Morgan fingerprint density at radius 3 is 1.93 bits per heavy atom. The summed E-state index contributed by atoms with van der Waals surface area (Å²) in [6.45, 7) is 3.23. The number of carboxylic acids is 1. The van der Waals surface area contributed by atoms with E-state index in [1.54, 1.807) is 0 Å². The predicted molar refractivity (Wildman–Crippen MR) is 104 cm³/mol. The second-order valence-electron chi connectivity index (χ2n) is 6.77. The smallest absolute Gasteiger partial charge is 0.326 e. The second-order valence-corrected chi connectivity index (χ2v) is 6.77. The molecule has 29 heavy (non-hydrogen) atoms. The van der Waals surface area contributed by atoms with Crippen molar-refractivity contribution >= 4 is 29.6 Å². The van der Waals surface area contributed by atoms with Gasteiger partial charge in [-0.15, -0.1) is 0 Å². The van der Waals surface area contributed by atoms with Crippen molar-refractivity contribution in [3.8, 4) is 0 Å². The molecule has 0 rings (SSSR count). The van der Waals surface area contributed by atoms with Crippen LogP contribution in [0, 0.1) is 0 Å². The van der Waals surface area contributed by atoms with Gasteiger partial charge in [-0.3, -0.25) is 19.2 Å². The average molecular weight is 416 g/mol. The van der Waals surface area contributed by atoms with Crippen LogP contribution < -0.4 is 33.2 Å². The standard InChI is InChI=1S/C17H32N6O6/c1-9(19)14(25)21-10(2)15(26)22-11(6-7-13(20)24)16(27)23-12(17(28)29)5-3-4-8-18/h9-12H,3-8,18-19H2,1-2H3,(H2,20,24)(H,21,25)(H,22,26)(H,23,27)(H,28,29). The minimum atomic E-state index is -1.23. The van der Waals surface area contributed by atoms with Crippen molar-refractivity contribution in [3.05, 3.63) is 0 Å². The second kappa shape index (κ2) is 13.4. The van der Waals surface area contributed by atoms with Crippen LogP contribution >= 0.6 is 0 Å². The van der Waals surface area contributed by atoms with Crippen LogP contribution in [0.15, 0.2) is 0 Å². The summed E-state index contributed by atoms with van der Waals surface area (Å²) in [6, 6.07) is -4.21. The van der Waals surface area contributed by atoms with Gasteiger partial charge in [0.25, 0.3) is 0 Å². The summed E-state index contributed by atoms with van der Waals surface area (Å²) in [5, 5.41) is 16.4. The third-order valence-electron chi connectivity index (χ3n) is 4.04. The zero-order valence-electron chi connectivity index (χ0n) is 16.8. The molecule has 0 saturated heterocycles. The van der Waals surface area contributed by atoms with Crippen molar-refractivity contribution in [2.75, 3.05) is 6.54 Å². The Kier molecular flexibility index (Phi) is 12.2. The normalized spacial score (nSPS) is 14.8. The van der Waals surface area contributed by atoms with E-state index in [0.717, 1.165) is 0 Å². The summed E-state index contributed by atoms with van der Waals surface area (Å²) >= 11 is 0. The number of carbonyl (C=O) groups excluding carboxylic acids is 4. The molecular formula is C17H32N6O6. The minimum Gasteiger partial charge on any atom is -0.480 e. The van der Waals surface area contributed by atoms with Gasteiger partial charge >= 0.3 is 5.97 Å². The molecule has 12 nitrogen and oxygen atoms in total. The molecule has 166 valence electrons. The summed E-state index contributed by atoms with van der Waals surface area (Å²) in [5.74, 6) is -3.94. The number of nitrogens with one attached hydrogen (secondary N) is 3. The quantitative estimate of drug-likeness (QED) is 0.147. The van der Waals surface area contributed by atoms with Crippen LogP contribution in [0.4, 0.5) is 0 Å². The first-order valence-corrected chi connectivity index (χ1v) is 9.37. The largest absolute Gasteiger partial charge is 0.480 e. The van der Waals surface area contributed by atoms with E-state index in [9.17, 15) is 29.1 Å². The lowest BCUT2D eigenvalue weighted by atomic mass is 10.1. The molecule has 0 radical (unpaired) electrons. The third kappa shape index (κ3) is 11.0. The van der Waals surface area contributed by atoms with E-state index in [-0.39, 0.29) is 19.3 Å². The molecule has 10 N–H and O–H groups in total. The lowest BCUT2D eigenvalue weighted by molar-refractivity contribution is -0.142. The van der Waals surface area contributed by atoms with E-state index in [1.165, 1.54) is 13.8 Å². The SMILES string of the molecule is CC(N)C(=O)NC(C)C(=O)NC(CCC(N)=O)C(=O)NC(CCCCN)C(=O)O. The van der Waals surface area contributed by atoms with Gasteiger partial charge in [0.15, 0.2) is 0 Å². The Bertz CT molecular complexity index is 597. The van der Waals surface area contributed by atoms with Gasteiger partial charge in [-0.2, -0.15) is 0 Å². The number of primary amides is 1. The maximum absolute atomic E-state index is 12.5. The molecule has 0 spiro atoms. The van der Waals surface area contributed by atoms with Crippen molar-refractivity contribution in [1.29, 1.82) is 0 Å². The zero-order valence-corrected chi connectivity index (χ0v) is 16.8. The molecule has 0 aliphatic rings. The summed E-state index contributed by atoms with van der Waals surface area (Å²) in [5.41, 5.74) is 15.9. The van der Waals surface area contributed by atoms with Gasteiger partial charge < -0.3 is 38.3 Å². The molecule has 4 unspecified atom stereocenters. The third-order valence-corrected chi connectivity index (χ3v) is 4.04. The van der Waals surface area contributed by atoms with E-state index in [2.05, 4.69) is 16.0 Å². The molecule has 0 heterocycles. The molecule has 0 aliphatic carbocycles. The molecule has 0 aromatic heterocycles. The molecule has 0 fully saturated rings. The number of rotatable bonds is 14. The fourth-order valence-electron chi connectivity index (χ4n) is 2.29. The van der Waals surface area contributed by atoms with Crippen LogP contribution in [0.1, 0.15) is 46.0 Å². The molecule has 4 atom stereocenters. The first kappa shape index (κ1) is 26.3. The van der Waals surface area contributed by atoms with Gasteiger partial charge in [-0.1, -0.05) is 0 Å². The monoisotopic (exact) mass is 416 g/mol. The maximum atomic E-state index is 12.5. The molecule has 0 saturated carbocycles. The maximum Gasteiger partial charge on any atom is 0.326 e. The summed E-state index contributed by atoms with van der Waals surface area (Å²) in [7, 11) is 0. The highest BCUT2D eigenvalue weighted by atomic mass is 16.4. The van der Waals surface area contributed by atoms with Gasteiger partial charge in [0.05, 0.1) is 6.04 Å². The molecular weight excluding hydrogens is 384 g/mol. The number of nitrogens with two attached hydrogens (primary N) is 3. The van der Waals surface area contributed by atoms with Crippen molar-refractivity contribution in [3.63, 3.8) is 0 Å². The van der Waals surface area contributed by atoms with E-state index >= 15 is 0 Å². The van der Waals surface area contributed by atoms with Gasteiger partial charge in [0.2, 0.25) is 23.6 Å². The van der Waals surface area contributed by atoms with Crippen LogP contribution in [0.2, 0.25) is 0 Å². The number of hydrogen-bond acceptors (Lipinski definition) is 7. The number of carboxylic acid groups (broad SMARTS) is 1. The molecule has 0 aromatic carbocycles. The topological polar surface area (TPSA) is 220 Å². The highest BCUT2D eigenvalue weighted by molar-refractivity contribution is 5.94. The zero-order chi connectivity index (χ0) is 22.6. The number of amides is 4. The molecule has 0 bridgehead atoms. The Balaban J connectivity index is 5.10. The van der Waals surface area contributed by atoms with Gasteiger partial charge in [-0.05, 0) is 46.1 Å². The molecule has 0 aliphatic heterocycles. The highest BCUT2D eigenvalue weighted by Gasteiger charge is 2.28.